The highest BCUT2D eigenvalue weighted by Crippen LogP contribution is 2.18. The van der Waals surface area contributed by atoms with Gasteiger partial charge in [0.1, 0.15) is 0 Å². The van der Waals surface area contributed by atoms with Crippen LogP contribution in [0.5, 0.6) is 0 Å². The summed E-state index contributed by atoms with van der Waals surface area (Å²) in [5, 5.41) is 23.3. The smallest absolute Gasteiger partial charge is 0.305 e. The van der Waals surface area contributed by atoms with E-state index in [0.29, 0.717) is 25.9 Å². The number of aliphatic hydroxyl groups is 2. The molecule has 0 radical (unpaired) electrons. The van der Waals surface area contributed by atoms with Crippen molar-refractivity contribution >= 4 is 11.9 Å². The van der Waals surface area contributed by atoms with Crippen LogP contribution in [0.15, 0.2) is 36.5 Å². The van der Waals surface area contributed by atoms with Gasteiger partial charge in [0.2, 0.25) is 5.91 Å². The number of nitrogens with one attached hydrogen (secondary N) is 1. The molecular weight excluding hydrogens is 935 g/mol. The first-order valence-corrected chi connectivity index (χ1v) is 34.2. The number of rotatable bonds is 64. The van der Waals surface area contributed by atoms with Crippen LogP contribution < -0.4 is 5.32 Å². The maximum atomic E-state index is 12.5. The molecule has 0 aromatic heterocycles. The van der Waals surface area contributed by atoms with Gasteiger partial charge >= 0.3 is 5.97 Å². The summed E-state index contributed by atoms with van der Waals surface area (Å²) in [6.45, 7) is 4.96. The van der Waals surface area contributed by atoms with Gasteiger partial charge in [-0.15, -0.1) is 0 Å². The van der Waals surface area contributed by atoms with Crippen LogP contribution in [-0.2, 0) is 14.3 Å². The highest BCUT2D eigenvalue weighted by molar-refractivity contribution is 5.76. The second kappa shape index (κ2) is 65.6. The molecule has 0 aliphatic rings. The molecule has 0 aliphatic carbocycles. The Morgan fingerprint density at radius 3 is 1.01 bits per heavy atom. The van der Waals surface area contributed by atoms with Crippen LogP contribution in [0.3, 0.4) is 0 Å². The van der Waals surface area contributed by atoms with Gasteiger partial charge in [0.25, 0.3) is 0 Å². The third-order valence-electron chi connectivity index (χ3n) is 15.9. The van der Waals surface area contributed by atoms with Gasteiger partial charge in [0.15, 0.2) is 0 Å². The van der Waals surface area contributed by atoms with Gasteiger partial charge in [-0.1, -0.05) is 314 Å². The van der Waals surface area contributed by atoms with E-state index in [4.69, 9.17) is 4.74 Å². The number of hydrogen-bond acceptors (Lipinski definition) is 5. The lowest BCUT2D eigenvalue weighted by Gasteiger charge is -2.22. The second-order valence-corrected chi connectivity index (χ2v) is 23.5. The zero-order valence-electron chi connectivity index (χ0n) is 51.3. The number of hydrogen-bond donors (Lipinski definition) is 3. The van der Waals surface area contributed by atoms with Crippen molar-refractivity contribution in [1.29, 1.82) is 0 Å². The van der Waals surface area contributed by atoms with E-state index in [1.807, 2.05) is 0 Å². The van der Waals surface area contributed by atoms with Crippen molar-refractivity contribution in [2.24, 2.45) is 0 Å². The molecule has 0 bridgehead atoms. The van der Waals surface area contributed by atoms with E-state index < -0.39 is 12.1 Å². The molecule has 6 nitrogen and oxygen atoms in total. The Kier molecular flexibility index (Phi) is 63.9. The number of allylic oxidation sites excluding steroid dienone is 6. The molecule has 0 aromatic carbocycles. The van der Waals surface area contributed by atoms with E-state index in [2.05, 4.69) is 55.6 Å². The number of amides is 1. The number of carbonyl (C=O) groups is 2. The highest BCUT2D eigenvalue weighted by Gasteiger charge is 2.20. The summed E-state index contributed by atoms with van der Waals surface area (Å²) in [4.78, 5) is 24.6. The summed E-state index contributed by atoms with van der Waals surface area (Å²) in [5.74, 6) is -0.0295. The number of esters is 1. The number of aliphatic hydroxyl groups excluding tert-OH is 2. The van der Waals surface area contributed by atoms with E-state index in [0.717, 1.165) is 51.4 Å². The maximum Gasteiger partial charge on any atom is 0.305 e. The molecule has 0 aliphatic heterocycles. The van der Waals surface area contributed by atoms with E-state index in [1.54, 1.807) is 0 Å². The fourth-order valence-corrected chi connectivity index (χ4v) is 10.7. The van der Waals surface area contributed by atoms with Crippen LogP contribution in [-0.4, -0.2) is 47.4 Å². The zero-order valence-corrected chi connectivity index (χ0v) is 51.3. The number of unbranched alkanes of at least 4 members (excludes halogenated alkanes) is 47. The Balaban J connectivity index is 3.40. The third kappa shape index (κ3) is 61.3. The quantitative estimate of drug-likeness (QED) is 0.0320. The predicted octanol–water partition coefficient (Wildman–Crippen LogP) is 21.9. The fraction of sp³-hybridized carbons (Fsp3) is 0.886. The molecule has 0 saturated carbocycles. The summed E-state index contributed by atoms with van der Waals surface area (Å²) < 4.78 is 5.48. The first-order chi connectivity index (χ1) is 37.5. The lowest BCUT2D eigenvalue weighted by atomic mass is 10.0. The second-order valence-electron chi connectivity index (χ2n) is 23.5. The minimum atomic E-state index is -0.665. The normalized spacial score (nSPS) is 12.7. The fourth-order valence-electron chi connectivity index (χ4n) is 10.7. The molecule has 0 saturated heterocycles. The van der Waals surface area contributed by atoms with Gasteiger partial charge in [-0.05, 0) is 83.5 Å². The molecule has 76 heavy (non-hydrogen) atoms. The van der Waals surface area contributed by atoms with Gasteiger partial charge in [0, 0.05) is 12.8 Å². The lowest BCUT2D eigenvalue weighted by molar-refractivity contribution is -0.143. The maximum absolute atomic E-state index is 12.5. The van der Waals surface area contributed by atoms with E-state index >= 15 is 0 Å². The average molecular weight is 1070 g/mol. The molecular formula is C70H133NO5. The first kappa shape index (κ1) is 74.1. The number of ether oxygens (including phenoxy) is 1. The van der Waals surface area contributed by atoms with E-state index in [9.17, 15) is 19.8 Å². The van der Waals surface area contributed by atoms with Crippen molar-refractivity contribution in [1.82, 2.24) is 5.32 Å². The van der Waals surface area contributed by atoms with Gasteiger partial charge in [-0.25, -0.2) is 0 Å². The van der Waals surface area contributed by atoms with Gasteiger partial charge < -0.3 is 20.3 Å². The molecule has 6 heteroatoms. The van der Waals surface area contributed by atoms with Crippen molar-refractivity contribution in [2.75, 3.05) is 13.2 Å². The third-order valence-corrected chi connectivity index (χ3v) is 15.9. The molecule has 0 aromatic rings. The van der Waals surface area contributed by atoms with Crippen LogP contribution in [0.4, 0.5) is 0 Å². The number of carbonyl (C=O) groups excluding carboxylic acids is 2. The van der Waals surface area contributed by atoms with Crippen molar-refractivity contribution in [3.63, 3.8) is 0 Å². The first-order valence-electron chi connectivity index (χ1n) is 34.2. The summed E-state index contributed by atoms with van der Waals surface area (Å²) in [6.07, 6.45) is 83.2. The van der Waals surface area contributed by atoms with Crippen LogP contribution in [0, 0.1) is 0 Å². The van der Waals surface area contributed by atoms with Crippen LogP contribution in [0.1, 0.15) is 373 Å². The average Bonchev–Trinajstić information content (AvgIpc) is 3.42. The van der Waals surface area contributed by atoms with Crippen molar-refractivity contribution in [3.8, 4) is 0 Å². The van der Waals surface area contributed by atoms with Gasteiger partial charge in [-0.2, -0.15) is 0 Å². The topological polar surface area (TPSA) is 95.9 Å². The molecule has 2 unspecified atom stereocenters. The molecule has 448 valence electrons. The van der Waals surface area contributed by atoms with Crippen molar-refractivity contribution in [2.45, 2.75) is 386 Å². The Labute approximate surface area is 474 Å². The van der Waals surface area contributed by atoms with Crippen LogP contribution in [0.25, 0.3) is 0 Å². The molecule has 0 rings (SSSR count). The summed E-state index contributed by atoms with van der Waals surface area (Å²) in [5.41, 5.74) is 0. The summed E-state index contributed by atoms with van der Waals surface area (Å²) in [7, 11) is 0. The van der Waals surface area contributed by atoms with Gasteiger partial charge in [-0.3, -0.25) is 9.59 Å². The minimum absolute atomic E-state index is 0.00437. The molecule has 2 atom stereocenters. The predicted molar refractivity (Wildman–Crippen MR) is 333 cm³/mol. The Hall–Kier alpha value is -1.92. The summed E-state index contributed by atoms with van der Waals surface area (Å²) in [6, 6.07) is -0.542. The largest absolute Gasteiger partial charge is 0.466 e. The van der Waals surface area contributed by atoms with Crippen molar-refractivity contribution in [3.05, 3.63) is 36.5 Å². The Morgan fingerprint density at radius 1 is 0.368 bits per heavy atom. The molecule has 0 heterocycles. The SMILES string of the molecule is CCCCCCCC/C=C\CCCCCCCC(=O)OCCCCCCCCCCC/C=C\C/C=C\CCCCCCCCCCCCCCCC(=O)NC(CO)C(O)CCCCCCCCCCCCCCCCC. The molecule has 1 amide bonds. The molecule has 0 spiro atoms. The van der Waals surface area contributed by atoms with Crippen LogP contribution >= 0.6 is 0 Å². The Morgan fingerprint density at radius 2 is 0.658 bits per heavy atom. The van der Waals surface area contributed by atoms with Gasteiger partial charge in [0.05, 0.1) is 25.4 Å². The highest BCUT2D eigenvalue weighted by atomic mass is 16.5. The summed E-state index contributed by atoms with van der Waals surface area (Å²) >= 11 is 0. The lowest BCUT2D eigenvalue weighted by Crippen LogP contribution is -2.45. The zero-order chi connectivity index (χ0) is 55.0. The van der Waals surface area contributed by atoms with E-state index in [1.165, 1.54) is 289 Å². The van der Waals surface area contributed by atoms with E-state index in [-0.39, 0.29) is 18.5 Å². The Bertz CT molecular complexity index is 1230. The molecule has 0 fully saturated rings. The standard InChI is InChI=1S/C70H133NO5/c1-3-5-7-9-11-13-15-17-34-38-42-46-50-54-58-62-68(73)67(66-72)71-69(74)63-59-55-51-47-43-39-36-32-30-28-26-24-22-20-19-21-23-25-27-29-31-33-37-41-45-49-53-57-61-65-76-70(75)64-60-56-52-48-44-40-35-18-16-14-12-10-8-6-4-2/h18-19,21,25,27,35,67-68,72-73H,3-17,20,22-24,26,28-34,36-66H2,1-2H3,(H,71,74)/b21-19-,27-25-,35-18-. The monoisotopic (exact) mass is 1070 g/mol. The van der Waals surface area contributed by atoms with Crippen molar-refractivity contribution < 1.29 is 24.5 Å². The van der Waals surface area contributed by atoms with Crippen LogP contribution in [0.2, 0.25) is 0 Å². The minimum Gasteiger partial charge on any atom is -0.466 e. The molecule has 3 N–H and O–H groups in total.